The minimum absolute atomic E-state index is 0.0408. The zero-order valence-corrected chi connectivity index (χ0v) is 16.1. The average molecular weight is 375 g/mol. The molecule has 0 unspecified atom stereocenters. The van der Waals surface area contributed by atoms with Crippen molar-refractivity contribution in [2.45, 2.75) is 38.6 Å². The number of piperidine rings is 1. The van der Waals surface area contributed by atoms with Crippen molar-refractivity contribution in [2.24, 2.45) is 0 Å². The predicted octanol–water partition coefficient (Wildman–Crippen LogP) is 3.74. The van der Waals surface area contributed by atoms with Crippen LogP contribution in [0.2, 0.25) is 0 Å². The molecule has 144 valence electrons. The van der Waals surface area contributed by atoms with Crippen molar-refractivity contribution < 1.29 is 4.79 Å². The lowest BCUT2D eigenvalue weighted by Gasteiger charge is -2.26. The van der Waals surface area contributed by atoms with Gasteiger partial charge in [0, 0.05) is 18.1 Å². The second kappa shape index (κ2) is 7.06. The summed E-state index contributed by atoms with van der Waals surface area (Å²) in [5.41, 5.74) is 2.66. The van der Waals surface area contributed by atoms with E-state index < -0.39 is 0 Å². The first-order chi connectivity index (χ1) is 13.8. The van der Waals surface area contributed by atoms with E-state index in [1.54, 1.807) is 10.8 Å². The molecule has 5 nitrogen and oxygen atoms in total. The number of hydrogen-bond acceptors (Lipinski definition) is 3. The summed E-state index contributed by atoms with van der Waals surface area (Å²) in [6, 6.07) is 11.4. The van der Waals surface area contributed by atoms with Gasteiger partial charge in [-0.25, -0.2) is 0 Å². The van der Waals surface area contributed by atoms with Crippen molar-refractivity contribution in [1.29, 1.82) is 0 Å². The van der Waals surface area contributed by atoms with Gasteiger partial charge in [0.05, 0.1) is 16.8 Å². The Morgan fingerprint density at radius 2 is 1.64 bits per heavy atom. The van der Waals surface area contributed by atoms with Gasteiger partial charge >= 0.3 is 0 Å². The Bertz CT molecular complexity index is 1100. The molecule has 0 aliphatic carbocycles. The molecule has 3 aromatic rings. The number of aryl methyl sites for hydroxylation is 1. The van der Waals surface area contributed by atoms with Crippen LogP contribution in [0.3, 0.4) is 0 Å². The van der Waals surface area contributed by atoms with Crippen molar-refractivity contribution in [3.63, 3.8) is 0 Å². The molecular formula is C23H25N3O2. The summed E-state index contributed by atoms with van der Waals surface area (Å²) in [6.07, 6.45) is 7.83. The van der Waals surface area contributed by atoms with Gasteiger partial charge in [-0.05, 0) is 69.6 Å². The lowest BCUT2D eigenvalue weighted by atomic mass is 10.1. The van der Waals surface area contributed by atoms with E-state index in [2.05, 4.69) is 9.47 Å². The number of likely N-dealkylation sites (tertiary alicyclic amines) is 1. The molecule has 0 atom stereocenters. The Morgan fingerprint density at radius 3 is 2.50 bits per heavy atom. The normalized spacial score (nSPS) is 16.5. The Balaban J connectivity index is 1.49. The number of carbonyl (C=O) groups excluding carboxylic acids is 1. The standard InChI is InChI=1S/C23H25N3O2/c27-22-17-9-2-3-10-18(17)25(15-7-6-14-24-12-4-1-5-13-24)21-20(22)19-11-8-16-26(19)23(21)28/h2-3,8-11,16H,1,4-7,12-15H2. The molecule has 2 aliphatic rings. The zero-order valence-electron chi connectivity index (χ0n) is 16.1. The largest absolute Gasteiger partial charge is 0.336 e. The van der Waals surface area contributed by atoms with Crippen molar-refractivity contribution in [2.75, 3.05) is 19.6 Å². The van der Waals surface area contributed by atoms with Crippen LogP contribution in [-0.4, -0.2) is 39.6 Å². The SMILES string of the molecule is O=C1c2c(c(=O)c3ccccc3n2CCCCN2CCCCC2)-c2cccn21. The highest BCUT2D eigenvalue weighted by molar-refractivity contribution is 6.09. The van der Waals surface area contributed by atoms with Crippen LogP contribution < -0.4 is 5.43 Å². The number of unbranched alkanes of at least 4 members (excludes halogenated alkanes) is 1. The second-order valence-electron chi connectivity index (χ2n) is 7.90. The van der Waals surface area contributed by atoms with Gasteiger partial charge in [0.2, 0.25) is 0 Å². The maximum Gasteiger partial charge on any atom is 0.279 e. The van der Waals surface area contributed by atoms with Crippen molar-refractivity contribution in [3.05, 3.63) is 58.5 Å². The molecule has 2 aliphatic heterocycles. The van der Waals surface area contributed by atoms with Crippen LogP contribution in [0, 0.1) is 0 Å². The number of carbonyl (C=O) groups is 1. The van der Waals surface area contributed by atoms with Gasteiger partial charge in [-0.2, -0.15) is 0 Å². The number of benzene rings is 1. The number of pyridine rings is 1. The monoisotopic (exact) mass is 375 g/mol. The lowest BCUT2D eigenvalue weighted by Crippen LogP contribution is -2.30. The maximum absolute atomic E-state index is 13.1. The van der Waals surface area contributed by atoms with E-state index in [-0.39, 0.29) is 11.3 Å². The van der Waals surface area contributed by atoms with Crippen LogP contribution in [0.5, 0.6) is 0 Å². The number of fused-ring (bicyclic) bond motifs is 4. The van der Waals surface area contributed by atoms with E-state index in [1.807, 2.05) is 36.4 Å². The Hall–Kier alpha value is -2.66. The molecule has 0 bridgehead atoms. The van der Waals surface area contributed by atoms with E-state index >= 15 is 0 Å². The Morgan fingerprint density at radius 1 is 0.857 bits per heavy atom. The summed E-state index contributed by atoms with van der Waals surface area (Å²) in [4.78, 5) is 28.7. The van der Waals surface area contributed by atoms with Gasteiger partial charge in [-0.15, -0.1) is 0 Å². The topological polar surface area (TPSA) is 47.2 Å². The fourth-order valence-corrected chi connectivity index (χ4v) is 4.76. The van der Waals surface area contributed by atoms with Gasteiger partial charge in [-0.1, -0.05) is 18.6 Å². The van der Waals surface area contributed by atoms with Gasteiger partial charge in [0.25, 0.3) is 5.91 Å². The molecule has 0 saturated carbocycles. The molecule has 2 aromatic heterocycles. The third-order valence-electron chi connectivity index (χ3n) is 6.15. The summed E-state index contributed by atoms with van der Waals surface area (Å²) >= 11 is 0. The molecule has 1 saturated heterocycles. The Kier molecular flexibility index (Phi) is 4.40. The molecule has 0 N–H and O–H groups in total. The van der Waals surface area contributed by atoms with Crippen molar-refractivity contribution in [3.8, 4) is 11.3 Å². The highest BCUT2D eigenvalue weighted by Gasteiger charge is 2.32. The molecule has 1 aromatic carbocycles. The summed E-state index contributed by atoms with van der Waals surface area (Å²) in [7, 11) is 0. The van der Waals surface area contributed by atoms with Crippen molar-refractivity contribution in [1.82, 2.24) is 14.0 Å². The highest BCUT2D eigenvalue weighted by atomic mass is 16.2. The third kappa shape index (κ3) is 2.73. The molecule has 1 fully saturated rings. The fraction of sp³-hybridized carbons (Fsp3) is 0.391. The lowest BCUT2D eigenvalue weighted by molar-refractivity contribution is 0.0960. The molecule has 28 heavy (non-hydrogen) atoms. The molecule has 0 amide bonds. The van der Waals surface area contributed by atoms with E-state index in [0.717, 1.165) is 37.1 Å². The molecule has 0 radical (unpaired) electrons. The van der Waals surface area contributed by atoms with E-state index in [9.17, 15) is 9.59 Å². The fourth-order valence-electron chi connectivity index (χ4n) is 4.76. The summed E-state index contributed by atoms with van der Waals surface area (Å²) in [5.74, 6) is -0.0890. The van der Waals surface area contributed by atoms with E-state index in [1.165, 1.54) is 32.4 Å². The van der Waals surface area contributed by atoms with Crippen LogP contribution in [0.25, 0.3) is 22.2 Å². The van der Waals surface area contributed by atoms with Crippen LogP contribution in [0.1, 0.15) is 42.6 Å². The van der Waals surface area contributed by atoms with Gasteiger partial charge < -0.3 is 9.47 Å². The van der Waals surface area contributed by atoms with Crippen LogP contribution in [0.15, 0.2) is 47.4 Å². The minimum Gasteiger partial charge on any atom is -0.336 e. The van der Waals surface area contributed by atoms with Gasteiger partial charge in [0.15, 0.2) is 5.43 Å². The van der Waals surface area contributed by atoms with Crippen LogP contribution >= 0.6 is 0 Å². The van der Waals surface area contributed by atoms with Crippen LogP contribution in [0.4, 0.5) is 0 Å². The first-order valence-electron chi connectivity index (χ1n) is 10.4. The highest BCUT2D eigenvalue weighted by Crippen LogP contribution is 2.32. The van der Waals surface area contributed by atoms with E-state index in [4.69, 9.17) is 0 Å². The van der Waals surface area contributed by atoms with Crippen LogP contribution in [-0.2, 0) is 6.54 Å². The number of rotatable bonds is 5. The van der Waals surface area contributed by atoms with Gasteiger partial charge in [-0.3, -0.25) is 14.2 Å². The quantitative estimate of drug-likeness (QED) is 0.499. The predicted molar refractivity (Wildman–Crippen MR) is 111 cm³/mol. The number of aromatic nitrogens is 2. The zero-order chi connectivity index (χ0) is 19.1. The van der Waals surface area contributed by atoms with Gasteiger partial charge in [0.1, 0.15) is 5.69 Å². The van der Waals surface area contributed by atoms with E-state index in [0.29, 0.717) is 16.6 Å². The smallest absolute Gasteiger partial charge is 0.279 e. The molecular weight excluding hydrogens is 350 g/mol. The third-order valence-corrected chi connectivity index (χ3v) is 6.15. The van der Waals surface area contributed by atoms with Crippen molar-refractivity contribution >= 4 is 16.8 Å². The second-order valence-corrected chi connectivity index (χ2v) is 7.90. The number of para-hydroxylation sites is 1. The number of nitrogens with zero attached hydrogens (tertiary/aromatic N) is 3. The summed E-state index contributed by atoms with van der Waals surface area (Å²) in [5, 5.41) is 0.694. The maximum atomic E-state index is 13.1. The molecule has 4 heterocycles. The number of hydrogen-bond donors (Lipinski definition) is 0. The molecule has 5 heteroatoms. The summed E-state index contributed by atoms with van der Waals surface area (Å²) in [6.45, 7) is 4.30. The Labute approximate surface area is 164 Å². The summed E-state index contributed by atoms with van der Waals surface area (Å²) < 4.78 is 3.69. The molecule has 0 spiro atoms. The average Bonchev–Trinajstić information content (AvgIpc) is 3.31. The molecule has 5 rings (SSSR count). The minimum atomic E-state index is -0.0890. The first-order valence-corrected chi connectivity index (χ1v) is 10.4. The first kappa shape index (κ1) is 17.4.